The van der Waals surface area contributed by atoms with E-state index in [2.05, 4.69) is 29.3 Å². The second-order valence-electron chi connectivity index (χ2n) is 5.59. The van der Waals surface area contributed by atoms with E-state index >= 15 is 0 Å². The first-order chi connectivity index (χ1) is 11.1. The van der Waals surface area contributed by atoms with Crippen LogP contribution >= 0.6 is 0 Å². The first-order valence-corrected chi connectivity index (χ1v) is 7.93. The Bertz CT molecular complexity index is 624. The third-order valence-corrected chi connectivity index (χ3v) is 3.81. The standard InChI is InChI=1S/C19H24N2O2/c1-3-18(14-22)21(19-10-5-4-6-11-19)13-16-8-7-9-17(12-16)20-15(2)23/h4-12,18,22H,3,13-14H2,1-2H3,(H,20,23). The van der Waals surface area contributed by atoms with Gasteiger partial charge in [-0.25, -0.2) is 0 Å². The monoisotopic (exact) mass is 312 g/mol. The summed E-state index contributed by atoms with van der Waals surface area (Å²) in [5.41, 5.74) is 2.96. The number of hydrogen-bond donors (Lipinski definition) is 2. The second kappa shape index (κ2) is 8.34. The molecule has 122 valence electrons. The fourth-order valence-corrected chi connectivity index (χ4v) is 2.65. The van der Waals surface area contributed by atoms with E-state index in [1.54, 1.807) is 0 Å². The third-order valence-electron chi connectivity index (χ3n) is 3.81. The molecule has 0 saturated carbocycles. The Morgan fingerprint density at radius 3 is 2.52 bits per heavy atom. The molecule has 2 aromatic rings. The molecule has 1 amide bonds. The van der Waals surface area contributed by atoms with E-state index in [0.717, 1.165) is 23.4 Å². The fourth-order valence-electron chi connectivity index (χ4n) is 2.65. The number of amides is 1. The topological polar surface area (TPSA) is 52.6 Å². The molecule has 1 atom stereocenters. The predicted molar refractivity (Wildman–Crippen MR) is 94.5 cm³/mol. The molecule has 2 aromatic carbocycles. The van der Waals surface area contributed by atoms with E-state index in [1.165, 1.54) is 6.92 Å². The number of hydrogen-bond acceptors (Lipinski definition) is 3. The van der Waals surface area contributed by atoms with E-state index in [0.29, 0.717) is 6.54 Å². The highest BCUT2D eigenvalue weighted by molar-refractivity contribution is 5.88. The molecule has 4 nitrogen and oxygen atoms in total. The molecule has 0 fully saturated rings. The van der Waals surface area contributed by atoms with Crippen molar-refractivity contribution in [1.82, 2.24) is 0 Å². The van der Waals surface area contributed by atoms with Crippen LogP contribution in [0, 0.1) is 0 Å². The molecule has 0 heterocycles. The van der Waals surface area contributed by atoms with E-state index in [-0.39, 0.29) is 18.6 Å². The molecule has 0 saturated heterocycles. The Morgan fingerprint density at radius 2 is 1.91 bits per heavy atom. The lowest BCUT2D eigenvalue weighted by Crippen LogP contribution is -2.37. The summed E-state index contributed by atoms with van der Waals surface area (Å²) in [6.07, 6.45) is 0.858. The maximum atomic E-state index is 11.2. The lowest BCUT2D eigenvalue weighted by atomic mass is 10.1. The van der Waals surface area contributed by atoms with Gasteiger partial charge >= 0.3 is 0 Å². The van der Waals surface area contributed by atoms with Gasteiger partial charge in [-0.15, -0.1) is 0 Å². The van der Waals surface area contributed by atoms with Gasteiger partial charge in [0.25, 0.3) is 0 Å². The zero-order valence-electron chi connectivity index (χ0n) is 13.7. The summed E-state index contributed by atoms with van der Waals surface area (Å²) >= 11 is 0. The van der Waals surface area contributed by atoms with Gasteiger partial charge in [-0.3, -0.25) is 4.79 Å². The van der Waals surface area contributed by atoms with Crippen molar-refractivity contribution in [3.8, 4) is 0 Å². The van der Waals surface area contributed by atoms with Crippen LogP contribution in [0.3, 0.4) is 0 Å². The predicted octanol–water partition coefficient (Wildman–Crippen LogP) is 3.42. The number of carbonyl (C=O) groups is 1. The van der Waals surface area contributed by atoms with Gasteiger partial charge in [0, 0.05) is 24.8 Å². The van der Waals surface area contributed by atoms with Crippen LogP contribution in [-0.4, -0.2) is 23.7 Å². The summed E-state index contributed by atoms with van der Waals surface area (Å²) in [6.45, 7) is 4.36. The minimum absolute atomic E-state index is 0.0572. The molecular formula is C19H24N2O2. The maximum absolute atomic E-state index is 11.2. The van der Waals surface area contributed by atoms with Crippen molar-refractivity contribution in [3.63, 3.8) is 0 Å². The Kier molecular flexibility index (Phi) is 6.18. The van der Waals surface area contributed by atoms with Crippen LogP contribution in [0.5, 0.6) is 0 Å². The van der Waals surface area contributed by atoms with Crippen LogP contribution in [0.25, 0.3) is 0 Å². The van der Waals surface area contributed by atoms with Crippen LogP contribution in [0.4, 0.5) is 11.4 Å². The van der Waals surface area contributed by atoms with E-state index in [4.69, 9.17) is 0 Å². The van der Waals surface area contributed by atoms with Gasteiger partial charge in [0.1, 0.15) is 0 Å². The average Bonchev–Trinajstić information content (AvgIpc) is 2.55. The molecule has 4 heteroatoms. The molecule has 0 radical (unpaired) electrons. The zero-order chi connectivity index (χ0) is 16.7. The van der Waals surface area contributed by atoms with Gasteiger partial charge < -0.3 is 15.3 Å². The minimum atomic E-state index is -0.0798. The summed E-state index contributed by atoms with van der Waals surface area (Å²) in [5, 5.41) is 12.5. The number of para-hydroxylation sites is 1. The van der Waals surface area contributed by atoms with Crippen molar-refractivity contribution in [2.24, 2.45) is 0 Å². The van der Waals surface area contributed by atoms with E-state index < -0.39 is 0 Å². The number of nitrogens with zero attached hydrogens (tertiary/aromatic N) is 1. The summed E-state index contributed by atoms with van der Waals surface area (Å²) in [7, 11) is 0. The van der Waals surface area contributed by atoms with Crippen LogP contribution in [0.1, 0.15) is 25.8 Å². The number of aliphatic hydroxyl groups is 1. The molecular weight excluding hydrogens is 288 g/mol. The highest BCUT2D eigenvalue weighted by Crippen LogP contribution is 2.22. The maximum Gasteiger partial charge on any atom is 0.221 e. The van der Waals surface area contributed by atoms with Crippen molar-refractivity contribution in [2.75, 3.05) is 16.8 Å². The zero-order valence-corrected chi connectivity index (χ0v) is 13.7. The first kappa shape index (κ1) is 17.0. The lowest BCUT2D eigenvalue weighted by Gasteiger charge is -2.32. The third kappa shape index (κ3) is 4.83. The average molecular weight is 312 g/mol. The fraction of sp³-hybridized carbons (Fsp3) is 0.316. The largest absolute Gasteiger partial charge is 0.394 e. The molecule has 1 unspecified atom stereocenters. The van der Waals surface area contributed by atoms with Crippen LogP contribution in [0.15, 0.2) is 54.6 Å². The van der Waals surface area contributed by atoms with Crippen molar-refractivity contribution < 1.29 is 9.90 Å². The van der Waals surface area contributed by atoms with Crippen molar-refractivity contribution in [3.05, 3.63) is 60.2 Å². The van der Waals surface area contributed by atoms with Crippen LogP contribution in [0.2, 0.25) is 0 Å². The molecule has 0 bridgehead atoms. The number of aliphatic hydroxyl groups excluding tert-OH is 1. The number of carbonyl (C=O) groups excluding carboxylic acids is 1. The van der Waals surface area contributed by atoms with Gasteiger partial charge in [0.15, 0.2) is 0 Å². The van der Waals surface area contributed by atoms with Crippen molar-refractivity contribution >= 4 is 17.3 Å². The Hall–Kier alpha value is -2.33. The lowest BCUT2D eigenvalue weighted by molar-refractivity contribution is -0.114. The van der Waals surface area contributed by atoms with E-state index in [1.807, 2.05) is 42.5 Å². The normalized spacial score (nSPS) is 11.8. The molecule has 0 aliphatic heterocycles. The molecule has 2 rings (SSSR count). The van der Waals surface area contributed by atoms with Gasteiger partial charge in [-0.2, -0.15) is 0 Å². The van der Waals surface area contributed by atoms with Crippen LogP contribution in [-0.2, 0) is 11.3 Å². The summed E-state index contributed by atoms with van der Waals surface area (Å²) in [5.74, 6) is -0.0798. The Morgan fingerprint density at radius 1 is 1.17 bits per heavy atom. The first-order valence-electron chi connectivity index (χ1n) is 7.93. The summed E-state index contributed by atoms with van der Waals surface area (Å²) in [4.78, 5) is 13.4. The molecule has 23 heavy (non-hydrogen) atoms. The Labute approximate surface area is 137 Å². The summed E-state index contributed by atoms with van der Waals surface area (Å²) < 4.78 is 0. The molecule has 0 aliphatic carbocycles. The smallest absolute Gasteiger partial charge is 0.221 e. The minimum Gasteiger partial charge on any atom is -0.394 e. The van der Waals surface area contributed by atoms with Crippen molar-refractivity contribution in [2.45, 2.75) is 32.9 Å². The Balaban J connectivity index is 2.25. The van der Waals surface area contributed by atoms with Gasteiger partial charge in [-0.1, -0.05) is 37.3 Å². The van der Waals surface area contributed by atoms with Gasteiger partial charge in [-0.05, 0) is 36.2 Å². The summed E-state index contributed by atoms with van der Waals surface area (Å²) in [6, 6.07) is 18.0. The molecule has 2 N–H and O–H groups in total. The highest BCUT2D eigenvalue weighted by Gasteiger charge is 2.17. The number of benzene rings is 2. The molecule has 0 spiro atoms. The molecule has 0 aromatic heterocycles. The number of anilines is 2. The van der Waals surface area contributed by atoms with Crippen LogP contribution < -0.4 is 10.2 Å². The van der Waals surface area contributed by atoms with Gasteiger partial charge in [0.05, 0.1) is 12.6 Å². The van der Waals surface area contributed by atoms with E-state index in [9.17, 15) is 9.90 Å². The number of rotatable bonds is 7. The molecule has 0 aliphatic rings. The van der Waals surface area contributed by atoms with Crippen molar-refractivity contribution in [1.29, 1.82) is 0 Å². The highest BCUT2D eigenvalue weighted by atomic mass is 16.3. The quantitative estimate of drug-likeness (QED) is 0.823. The second-order valence-corrected chi connectivity index (χ2v) is 5.59. The number of nitrogens with one attached hydrogen (secondary N) is 1. The SMILES string of the molecule is CCC(CO)N(Cc1cccc(NC(C)=O)c1)c1ccccc1. The van der Waals surface area contributed by atoms with Gasteiger partial charge in [0.2, 0.25) is 5.91 Å².